The number of rotatable bonds is 3. The second-order valence-electron chi connectivity index (χ2n) is 3.67. The Hall–Kier alpha value is -1.76. The minimum Gasteiger partial charge on any atom is -0.342 e. The molecule has 7 heteroatoms. The second-order valence-corrected chi connectivity index (χ2v) is 4.46. The lowest BCUT2D eigenvalue weighted by Crippen LogP contribution is -2.27. The van der Waals surface area contributed by atoms with E-state index in [-0.39, 0.29) is 22.0 Å². The van der Waals surface area contributed by atoms with Gasteiger partial charge in [-0.1, -0.05) is 6.07 Å². The van der Waals surface area contributed by atoms with Crippen LogP contribution < -0.4 is 5.32 Å². The number of carbonyl (C=O) groups is 1. The lowest BCUT2D eigenvalue weighted by molar-refractivity contribution is 0.0937. The average Bonchev–Trinajstić information content (AvgIpc) is 2.86. The van der Waals surface area contributed by atoms with Gasteiger partial charge in [0.1, 0.15) is 18.0 Å². The van der Waals surface area contributed by atoms with E-state index in [1.54, 1.807) is 6.92 Å². The van der Waals surface area contributed by atoms with Gasteiger partial charge in [0.15, 0.2) is 0 Å². The third-order valence-corrected chi connectivity index (χ3v) is 3.19. The Kier molecular flexibility index (Phi) is 3.71. The van der Waals surface area contributed by atoms with E-state index in [9.17, 15) is 9.18 Å². The van der Waals surface area contributed by atoms with Crippen molar-refractivity contribution in [1.82, 2.24) is 20.5 Å². The Bertz CT molecular complexity index is 558. The number of carbonyl (C=O) groups excluding carboxylic acids is 1. The Morgan fingerprint density at radius 3 is 3.00 bits per heavy atom. The van der Waals surface area contributed by atoms with Crippen LogP contribution in [0.25, 0.3) is 0 Å². The molecule has 1 heterocycles. The first kappa shape index (κ1) is 12.7. The molecule has 5 nitrogen and oxygen atoms in total. The number of hydrogen-bond acceptors (Lipinski definition) is 3. The van der Waals surface area contributed by atoms with Gasteiger partial charge >= 0.3 is 0 Å². The van der Waals surface area contributed by atoms with Gasteiger partial charge in [-0.15, -0.1) is 0 Å². The maximum Gasteiger partial charge on any atom is 0.253 e. The molecule has 1 aromatic carbocycles. The van der Waals surface area contributed by atoms with Crippen LogP contribution in [0.15, 0.2) is 29.0 Å². The van der Waals surface area contributed by atoms with Crippen molar-refractivity contribution in [3.8, 4) is 0 Å². The summed E-state index contributed by atoms with van der Waals surface area (Å²) >= 11 is 3.05. The van der Waals surface area contributed by atoms with Gasteiger partial charge in [-0.2, -0.15) is 5.10 Å². The van der Waals surface area contributed by atoms with Gasteiger partial charge in [0, 0.05) is 0 Å². The zero-order chi connectivity index (χ0) is 13.1. The quantitative estimate of drug-likeness (QED) is 0.912. The summed E-state index contributed by atoms with van der Waals surface area (Å²) in [5.74, 6) is -0.323. The normalized spacial score (nSPS) is 12.2. The highest BCUT2D eigenvalue weighted by Crippen LogP contribution is 2.21. The SMILES string of the molecule is CC(NC(=O)c1cccc(F)c1Br)c1ncn[nH]1. The van der Waals surface area contributed by atoms with Crippen LogP contribution in [0.2, 0.25) is 0 Å². The molecule has 1 atom stereocenters. The Labute approximate surface area is 111 Å². The monoisotopic (exact) mass is 312 g/mol. The topological polar surface area (TPSA) is 70.7 Å². The number of nitrogens with one attached hydrogen (secondary N) is 2. The van der Waals surface area contributed by atoms with Gasteiger partial charge < -0.3 is 5.32 Å². The van der Waals surface area contributed by atoms with E-state index in [1.165, 1.54) is 24.5 Å². The van der Waals surface area contributed by atoms with Crippen LogP contribution >= 0.6 is 15.9 Å². The summed E-state index contributed by atoms with van der Waals surface area (Å²) in [6.45, 7) is 1.76. The summed E-state index contributed by atoms with van der Waals surface area (Å²) in [5.41, 5.74) is 0.237. The molecule has 0 saturated carbocycles. The minimum absolute atomic E-state index is 0.146. The second kappa shape index (κ2) is 5.26. The predicted octanol–water partition coefficient (Wildman–Crippen LogP) is 2.20. The van der Waals surface area contributed by atoms with E-state index in [0.29, 0.717) is 5.82 Å². The first-order chi connectivity index (χ1) is 8.59. The van der Waals surface area contributed by atoms with Crippen molar-refractivity contribution in [2.45, 2.75) is 13.0 Å². The van der Waals surface area contributed by atoms with Crippen molar-refractivity contribution >= 4 is 21.8 Å². The number of hydrogen-bond donors (Lipinski definition) is 2. The first-order valence-electron chi connectivity index (χ1n) is 5.19. The van der Waals surface area contributed by atoms with Crippen LogP contribution in [0.5, 0.6) is 0 Å². The van der Waals surface area contributed by atoms with Crippen molar-refractivity contribution < 1.29 is 9.18 Å². The number of aromatic amines is 1. The summed E-state index contributed by atoms with van der Waals surface area (Å²) in [4.78, 5) is 15.9. The lowest BCUT2D eigenvalue weighted by atomic mass is 10.2. The van der Waals surface area contributed by atoms with E-state index in [2.05, 4.69) is 36.4 Å². The fourth-order valence-electron chi connectivity index (χ4n) is 1.45. The fourth-order valence-corrected chi connectivity index (χ4v) is 1.89. The van der Waals surface area contributed by atoms with Crippen LogP contribution in [0.3, 0.4) is 0 Å². The highest BCUT2D eigenvalue weighted by Gasteiger charge is 2.17. The zero-order valence-corrected chi connectivity index (χ0v) is 11.0. The van der Waals surface area contributed by atoms with Crippen molar-refractivity contribution in [1.29, 1.82) is 0 Å². The van der Waals surface area contributed by atoms with Crippen LogP contribution in [-0.4, -0.2) is 21.1 Å². The summed E-state index contributed by atoms with van der Waals surface area (Å²) < 4.78 is 13.4. The van der Waals surface area contributed by atoms with Gasteiger partial charge in [0.25, 0.3) is 5.91 Å². The van der Waals surface area contributed by atoms with Crippen LogP contribution in [-0.2, 0) is 0 Å². The third-order valence-electron chi connectivity index (χ3n) is 2.39. The van der Waals surface area contributed by atoms with E-state index in [0.717, 1.165) is 0 Å². The maximum atomic E-state index is 13.3. The molecule has 0 spiro atoms. The van der Waals surface area contributed by atoms with Gasteiger partial charge in [0.2, 0.25) is 0 Å². The van der Waals surface area contributed by atoms with Crippen molar-refractivity contribution in [3.05, 3.63) is 46.2 Å². The molecule has 18 heavy (non-hydrogen) atoms. The molecule has 0 saturated heterocycles. The maximum absolute atomic E-state index is 13.3. The Balaban J connectivity index is 2.15. The molecule has 2 aromatic rings. The number of halogens is 2. The molecular weight excluding hydrogens is 303 g/mol. The molecule has 1 unspecified atom stereocenters. The molecule has 0 radical (unpaired) electrons. The van der Waals surface area contributed by atoms with Crippen molar-refractivity contribution in [2.24, 2.45) is 0 Å². The minimum atomic E-state index is -0.477. The summed E-state index contributed by atoms with van der Waals surface area (Å²) in [6, 6.07) is 3.96. The van der Waals surface area contributed by atoms with E-state index >= 15 is 0 Å². The van der Waals surface area contributed by atoms with E-state index < -0.39 is 5.82 Å². The van der Waals surface area contributed by atoms with Gasteiger partial charge in [-0.25, -0.2) is 9.37 Å². The van der Waals surface area contributed by atoms with Crippen LogP contribution in [0.4, 0.5) is 4.39 Å². The summed E-state index contributed by atoms with van der Waals surface area (Å²) in [6.07, 6.45) is 1.36. The highest BCUT2D eigenvalue weighted by molar-refractivity contribution is 9.10. The van der Waals surface area contributed by atoms with Crippen LogP contribution in [0.1, 0.15) is 29.1 Å². The molecule has 2 N–H and O–H groups in total. The largest absolute Gasteiger partial charge is 0.342 e. The molecule has 0 bridgehead atoms. The Morgan fingerprint density at radius 1 is 1.56 bits per heavy atom. The van der Waals surface area contributed by atoms with Gasteiger partial charge in [-0.05, 0) is 35.0 Å². The standard InChI is InChI=1S/C11H10BrFN4O/c1-6(10-14-5-15-17-10)16-11(18)7-3-2-4-8(13)9(7)12/h2-6H,1H3,(H,16,18)(H,14,15,17). The Morgan fingerprint density at radius 2 is 2.33 bits per heavy atom. The van der Waals surface area contributed by atoms with E-state index in [1.807, 2.05) is 0 Å². The molecule has 1 amide bonds. The molecule has 1 aromatic heterocycles. The first-order valence-corrected chi connectivity index (χ1v) is 5.99. The third kappa shape index (κ3) is 2.56. The van der Waals surface area contributed by atoms with E-state index in [4.69, 9.17) is 0 Å². The molecular formula is C11H10BrFN4O. The molecule has 94 valence electrons. The van der Waals surface area contributed by atoms with Crippen molar-refractivity contribution in [2.75, 3.05) is 0 Å². The average molecular weight is 313 g/mol. The highest BCUT2D eigenvalue weighted by atomic mass is 79.9. The smallest absolute Gasteiger partial charge is 0.253 e. The van der Waals surface area contributed by atoms with Crippen molar-refractivity contribution in [3.63, 3.8) is 0 Å². The molecule has 0 fully saturated rings. The molecule has 0 aliphatic rings. The number of amides is 1. The van der Waals surface area contributed by atoms with Gasteiger partial charge in [0.05, 0.1) is 16.1 Å². The summed E-state index contributed by atoms with van der Waals surface area (Å²) in [7, 11) is 0. The van der Waals surface area contributed by atoms with Gasteiger partial charge in [-0.3, -0.25) is 9.89 Å². The fraction of sp³-hybridized carbons (Fsp3) is 0.182. The summed E-state index contributed by atoms with van der Waals surface area (Å²) in [5, 5.41) is 9.05. The number of nitrogens with zero attached hydrogens (tertiary/aromatic N) is 2. The number of benzene rings is 1. The zero-order valence-electron chi connectivity index (χ0n) is 9.45. The molecule has 0 aliphatic carbocycles. The molecule has 2 rings (SSSR count). The lowest BCUT2D eigenvalue weighted by Gasteiger charge is -2.12. The van der Waals surface area contributed by atoms with Crippen LogP contribution in [0, 0.1) is 5.82 Å². The predicted molar refractivity (Wildman–Crippen MR) is 66.4 cm³/mol. The number of H-pyrrole nitrogens is 1. The molecule has 0 aliphatic heterocycles. The number of aromatic nitrogens is 3.